The number of nitrogens with zero attached hydrogens (tertiary/aromatic N) is 3. The van der Waals surface area contributed by atoms with Gasteiger partial charge in [-0.25, -0.2) is 4.68 Å². The van der Waals surface area contributed by atoms with Crippen LogP contribution in [0.25, 0.3) is 11.4 Å². The summed E-state index contributed by atoms with van der Waals surface area (Å²) in [7, 11) is 1.49. The molecule has 0 saturated heterocycles. The van der Waals surface area contributed by atoms with Crippen LogP contribution in [-0.4, -0.2) is 39.6 Å². The molecule has 11 heteroatoms. The summed E-state index contributed by atoms with van der Waals surface area (Å²) < 4.78 is 6.58. The van der Waals surface area contributed by atoms with Gasteiger partial charge in [0.1, 0.15) is 5.75 Å². The number of hydrogen-bond acceptors (Lipinski definition) is 7. The number of ether oxygens (including phenoxy) is 1. The van der Waals surface area contributed by atoms with Crippen LogP contribution in [0.1, 0.15) is 6.92 Å². The molecule has 0 aliphatic carbocycles. The zero-order valence-electron chi connectivity index (χ0n) is 16.2. The molecule has 3 aromatic rings. The highest BCUT2D eigenvalue weighted by Gasteiger charge is 2.15. The molecule has 0 bridgehead atoms. The van der Waals surface area contributed by atoms with Crippen molar-refractivity contribution in [1.29, 1.82) is 0 Å². The van der Waals surface area contributed by atoms with Crippen LogP contribution in [0.2, 0.25) is 5.02 Å². The predicted molar refractivity (Wildman–Crippen MR) is 117 cm³/mol. The van der Waals surface area contributed by atoms with E-state index >= 15 is 0 Å². The van der Waals surface area contributed by atoms with Crippen LogP contribution in [0.15, 0.2) is 47.6 Å². The Bertz CT molecular complexity index is 1070. The Kier molecular flexibility index (Phi) is 6.80. The number of thioether (sulfide) groups is 1. The first-order valence-electron chi connectivity index (χ1n) is 8.72. The van der Waals surface area contributed by atoms with E-state index in [4.69, 9.17) is 22.2 Å². The minimum absolute atomic E-state index is 0.0451. The summed E-state index contributed by atoms with van der Waals surface area (Å²) in [4.78, 5) is 23.7. The fraction of sp³-hybridized carbons (Fsp3) is 0.158. The van der Waals surface area contributed by atoms with Crippen molar-refractivity contribution < 1.29 is 14.3 Å². The van der Waals surface area contributed by atoms with Gasteiger partial charge in [-0.1, -0.05) is 23.4 Å². The predicted octanol–water partition coefficient (Wildman–Crippen LogP) is 3.01. The SMILES string of the molecule is COc1ccc(NC(C)=O)cc1NC(=O)CSc1nnc(-c2ccc(Cl)cc2)n1N. The number of carbonyl (C=O) groups excluding carboxylic acids is 2. The van der Waals surface area contributed by atoms with E-state index in [2.05, 4.69) is 20.8 Å². The summed E-state index contributed by atoms with van der Waals surface area (Å²) in [6.45, 7) is 1.40. The second-order valence-electron chi connectivity index (χ2n) is 6.12. The molecule has 30 heavy (non-hydrogen) atoms. The maximum atomic E-state index is 12.4. The van der Waals surface area contributed by atoms with Crippen molar-refractivity contribution in [3.05, 3.63) is 47.5 Å². The minimum Gasteiger partial charge on any atom is -0.495 e. The number of halogens is 1. The van der Waals surface area contributed by atoms with Gasteiger partial charge in [0, 0.05) is 23.2 Å². The van der Waals surface area contributed by atoms with Crippen molar-refractivity contribution in [2.75, 3.05) is 29.3 Å². The third-order valence-electron chi connectivity index (χ3n) is 3.89. The molecule has 0 aliphatic rings. The number of nitrogen functional groups attached to an aromatic ring is 1. The molecule has 0 spiro atoms. The Balaban J connectivity index is 1.66. The van der Waals surface area contributed by atoms with Gasteiger partial charge in [-0.2, -0.15) is 0 Å². The molecule has 0 aliphatic heterocycles. The van der Waals surface area contributed by atoms with Crippen LogP contribution in [0.5, 0.6) is 5.75 Å². The summed E-state index contributed by atoms with van der Waals surface area (Å²) in [5, 5.41) is 14.5. The van der Waals surface area contributed by atoms with Crippen LogP contribution < -0.4 is 21.2 Å². The largest absolute Gasteiger partial charge is 0.495 e. The third kappa shape index (κ3) is 5.22. The molecule has 2 amide bonds. The molecule has 0 atom stereocenters. The van der Waals surface area contributed by atoms with Gasteiger partial charge < -0.3 is 21.2 Å². The molecule has 1 aromatic heterocycles. The van der Waals surface area contributed by atoms with E-state index in [0.717, 1.165) is 17.3 Å². The van der Waals surface area contributed by atoms with Crippen LogP contribution in [-0.2, 0) is 9.59 Å². The van der Waals surface area contributed by atoms with Crippen molar-refractivity contribution >= 4 is 46.6 Å². The van der Waals surface area contributed by atoms with Crippen molar-refractivity contribution in [2.45, 2.75) is 12.1 Å². The van der Waals surface area contributed by atoms with E-state index in [1.54, 1.807) is 42.5 Å². The Morgan fingerprint density at radius 3 is 2.57 bits per heavy atom. The van der Waals surface area contributed by atoms with Crippen molar-refractivity contribution in [1.82, 2.24) is 14.9 Å². The first-order chi connectivity index (χ1) is 14.4. The van der Waals surface area contributed by atoms with Crippen molar-refractivity contribution in [3.8, 4) is 17.1 Å². The van der Waals surface area contributed by atoms with Gasteiger partial charge in [0.15, 0.2) is 5.82 Å². The van der Waals surface area contributed by atoms with Gasteiger partial charge in [-0.3, -0.25) is 9.59 Å². The van der Waals surface area contributed by atoms with Crippen molar-refractivity contribution in [2.24, 2.45) is 0 Å². The smallest absolute Gasteiger partial charge is 0.234 e. The molecule has 4 N–H and O–H groups in total. The number of rotatable bonds is 7. The van der Waals surface area contributed by atoms with E-state index < -0.39 is 0 Å². The Morgan fingerprint density at radius 2 is 1.90 bits per heavy atom. The lowest BCUT2D eigenvalue weighted by Crippen LogP contribution is -2.17. The van der Waals surface area contributed by atoms with Gasteiger partial charge in [-0.15, -0.1) is 10.2 Å². The Hall–Kier alpha value is -3.24. The Morgan fingerprint density at radius 1 is 1.17 bits per heavy atom. The Labute approximate surface area is 181 Å². The minimum atomic E-state index is -0.297. The molecule has 3 rings (SSSR count). The van der Waals surface area contributed by atoms with Gasteiger partial charge in [0.05, 0.1) is 18.6 Å². The molecule has 0 fully saturated rings. The van der Waals surface area contributed by atoms with E-state index in [-0.39, 0.29) is 17.6 Å². The molecule has 1 heterocycles. The van der Waals surface area contributed by atoms with Gasteiger partial charge in [0.25, 0.3) is 0 Å². The lowest BCUT2D eigenvalue weighted by Gasteiger charge is -2.12. The highest BCUT2D eigenvalue weighted by Crippen LogP contribution is 2.28. The lowest BCUT2D eigenvalue weighted by atomic mass is 10.2. The fourth-order valence-electron chi connectivity index (χ4n) is 2.57. The number of carbonyl (C=O) groups is 2. The maximum absolute atomic E-state index is 12.4. The van der Waals surface area contributed by atoms with Crippen LogP contribution in [0, 0.1) is 0 Å². The van der Waals surface area contributed by atoms with Gasteiger partial charge >= 0.3 is 0 Å². The number of nitrogens with two attached hydrogens (primary N) is 1. The average Bonchev–Trinajstić information content (AvgIpc) is 3.07. The summed E-state index contributed by atoms with van der Waals surface area (Å²) in [6, 6.07) is 12.0. The zero-order valence-corrected chi connectivity index (χ0v) is 17.8. The van der Waals surface area contributed by atoms with Gasteiger partial charge in [-0.05, 0) is 42.5 Å². The van der Waals surface area contributed by atoms with E-state index in [9.17, 15) is 9.59 Å². The van der Waals surface area contributed by atoms with E-state index in [1.807, 2.05) is 0 Å². The van der Waals surface area contributed by atoms with Crippen LogP contribution >= 0.6 is 23.4 Å². The number of amides is 2. The molecule has 0 saturated carbocycles. The molecule has 9 nitrogen and oxygen atoms in total. The number of methoxy groups -OCH3 is 1. The standard InChI is InChI=1S/C19H19ClN6O3S/c1-11(27)22-14-7-8-16(29-2)15(9-14)23-17(28)10-30-19-25-24-18(26(19)21)12-3-5-13(20)6-4-12/h3-9H,10,21H2,1-2H3,(H,22,27)(H,23,28). The van der Waals surface area contributed by atoms with E-state index in [1.165, 1.54) is 18.7 Å². The number of nitrogens with one attached hydrogen (secondary N) is 2. The molecular formula is C19H19ClN6O3S. The first-order valence-corrected chi connectivity index (χ1v) is 10.1. The summed E-state index contributed by atoms with van der Waals surface area (Å²) in [5.74, 6) is 6.53. The molecular weight excluding hydrogens is 428 g/mol. The number of hydrogen-bond donors (Lipinski definition) is 3. The normalized spacial score (nSPS) is 10.5. The number of anilines is 2. The zero-order chi connectivity index (χ0) is 21.7. The lowest BCUT2D eigenvalue weighted by molar-refractivity contribution is -0.114. The highest BCUT2D eigenvalue weighted by molar-refractivity contribution is 7.99. The fourth-order valence-corrected chi connectivity index (χ4v) is 3.36. The van der Waals surface area contributed by atoms with E-state index in [0.29, 0.717) is 33.1 Å². The molecule has 0 radical (unpaired) electrons. The molecule has 2 aromatic carbocycles. The molecule has 0 unspecified atom stereocenters. The monoisotopic (exact) mass is 446 g/mol. The van der Waals surface area contributed by atoms with Gasteiger partial charge in [0.2, 0.25) is 17.0 Å². The maximum Gasteiger partial charge on any atom is 0.234 e. The quantitative estimate of drug-likeness (QED) is 0.376. The summed E-state index contributed by atoms with van der Waals surface area (Å²) in [6.07, 6.45) is 0. The topological polar surface area (TPSA) is 124 Å². The van der Waals surface area contributed by atoms with Crippen LogP contribution in [0.4, 0.5) is 11.4 Å². The van der Waals surface area contributed by atoms with Crippen LogP contribution in [0.3, 0.4) is 0 Å². The second kappa shape index (κ2) is 9.51. The first kappa shape index (κ1) is 21.5. The summed E-state index contributed by atoms with van der Waals surface area (Å²) in [5.41, 5.74) is 1.73. The van der Waals surface area contributed by atoms with Crippen molar-refractivity contribution in [3.63, 3.8) is 0 Å². The molecule has 156 valence electrons. The number of aromatic nitrogens is 3. The average molecular weight is 447 g/mol. The number of benzene rings is 2. The third-order valence-corrected chi connectivity index (χ3v) is 5.09. The summed E-state index contributed by atoms with van der Waals surface area (Å²) >= 11 is 7.04. The highest BCUT2D eigenvalue weighted by atomic mass is 35.5. The second-order valence-corrected chi connectivity index (χ2v) is 7.50.